The van der Waals surface area contributed by atoms with E-state index < -0.39 is 0 Å². The van der Waals surface area contributed by atoms with Crippen molar-refractivity contribution >= 4 is 5.97 Å². The minimum atomic E-state index is -0.116. The van der Waals surface area contributed by atoms with Gasteiger partial charge in [0.05, 0.1) is 0 Å². The Balaban J connectivity index is 2.19. The van der Waals surface area contributed by atoms with Crippen molar-refractivity contribution in [3.8, 4) is 0 Å². The van der Waals surface area contributed by atoms with Crippen LogP contribution >= 0.6 is 0 Å². The highest BCUT2D eigenvalue weighted by Gasteiger charge is 2.23. The van der Waals surface area contributed by atoms with Gasteiger partial charge in [-0.1, -0.05) is 39.0 Å². The Labute approximate surface area is 93.4 Å². The van der Waals surface area contributed by atoms with Crippen LogP contribution in [0, 0.1) is 5.92 Å². The first-order chi connectivity index (χ1) is 7.22. The molecule has 0 aromatic rings. The maximum Gasteiger partial charge on any atom is 0.302 e. The van der Waals surface area contributed by atoms with Crippen molar-refractivity contribution in [1.29, 1.82) is 0 Å². The summed E-state index contributed by atoms with van der Waals surface area (Å²) in [7, 11) is 0. The molecule has 2 atom stereocenters. The van der Waals surface area contributed by atoms with Gasteiger partial charge in [-0.2, -0.15) is 0 Å². The number of carbonyl (C=O) groups excluding carboxylic acids is 1. The van der Waals surface area contributed by atoms with E-state index in [4.69, 9.17) is 4.74 Å². The Hall–Kier alpha value is -0.530. The molecule has 1 fully saturated rings. The molecule has 1 aliphatic carbocycles. The van der Waals surface area contributed by atoms with Gasteiger partial charge < -0.3 is 4.74 Å². The van der Waals surface area contributed by atoms with Crippen LogP contribution in [0.3, 0.4) is 0 Å². The lowest BCUT2D eigenvalue weighted by Crippen LogP contribution is -2.24. The molecule has 0 N–H and O–H groups in total. The van der Waals surface area contributed by atoms with E-state index in [1.165, 1.54) is 45.4 Å². The van der Waals surface area contributed by atoms with Crippen molar-refractivity contribution in [3.63, 3.8) is 0 Å². The number of hydrogen-bond donors (Lipinski definition) is 0. The molecule has 0 spiro atoms. The molecule has 1 aliphatic rings. The van der Waals surface area contributed by atoms with Crippen LogP contribution in [-0.2, 0) is 9.53 Å². The molecule has 2 heteroatoms. The highest BCUT2D eigenvalue weighted by Crippen LogP contribution is 2.30. The van der Waals surface area contributed by atoms with Gasteiger partial charge in [-0.25, -0.2) is 0 Å². The number of rotatable bonds is 5. The highest BCUT2D eigenvalue weighted by molar-refractivity contribution is 5.66. The third kappa shape index (κ3) is 5.19. The minimum absolute atomic E-state index is 0.116. The zero-order valence-electron chi connectivity index (χ0n) is 10.1. The normalized spacial score (nSPS) is 26.3. The van der Waals surface area contributed by atoms with Crippen molar-refractivity contribution in [1.82, 2.24) is 0 Å². The fourth-order valence-corrected chi connectivity index (χ4v) is 2.53. The van der Waals surface area contributed by atoms with Crippen molar-refractivity contribution in [2.24, 2.45) is 5.92 Å². The molecule has 1 saturated carbocycles. The molecule has 0 amide bonds. The summed E-state index contributed by atoms with van der Waals surface area (Å²) in [6, 6.07) is 0. The maximum atomic E-state index is 10.9. The molecule has 0 saturated heterocycles. The summed E-state index contributed by atoms with van der Waals surface area (Å²) in [5.41, 5.74) is 0. The molecule has 0 heterocycles. The Morgan fingerprint density at radius 3 is 2.80 bits per heavy atom. The molecule has 15 heavy (non-hydrogen) atoms. The fraction of sp³-hybridized carbons (Fsp3) is 0.923. The minimum Gasteiger partial charge on any atom is -0.463 e. The van der Waals surface area contributed by atoms with Gasteiger partial charge in [0.1, 0.15) is 6.10 Å². The van der Waals surface area contributed by atoms with Gasteiger partial charge in [0.15, 0.2) is 0 Å². The van der Waals surface area contributed by atoms with E-state index in [1.807, 2.05) is 0 Å². The van der Waals surface area contributed by atoms with Crippen molar-refractivity contribution in [2.45, 2.75) is 71.3 Å². The first-order valence-electron chi connectivity index (χ1n) is 6.39. The number of unbranched alkanes of at least 4 members (excludes halogenated alkanes) is 2. The zero-order valence-corrected chi connectivity index (χ0v) is 10.1. The van der Waals surface area contributed by atoms with Gasteiger partial charge in [-0.15, -0.1) is 0 Å². The summed E-state index contributed by atoms with van der Waals surface area (Å²) in [5.74, 6) is 0.684. The van der Waals surface area contributed by atoms with Crippen LogP contribution in [0.1, 0.15) is 65.2 Å². The third-order valence-electron chi connectivity index (χ3n) is 3.28. The first-order valence-corrected chi connectivity index (χ1v) is 6.39. The molecule has 0 aromatic carbocycles. The molecular weight excluding hydrogens is 188 g/mol. The van der Waals surface area contributed by atoms with E-state index in [0.717, 1.165) is 18.8 Å². The maximum absolute atomic E-state index is 10.9. The Morgan fingerprint density at radius 2 is 2.13 bits per heavy atom. The average molecular weight is 212 g/mol. The second-order valence-corrected chi connectivity index (χ2v) is 4.76. The van der Waals surface area contributed by atoms with Gasteiger partial charge in [-0.05, 0) is 25.2 Å². The predicted molar refractivity (Wildman–Crippen MR) is 61.7 cm³/mol. The van der Waals surface area contributed by atoms with E-state index in [9.17, 15) is 4.79 Å². The number of esters is 1. The SMILES string of the molecule is CCCCCC1CCCC(OC(C)=O)C1. The predicted octanol–water partition coefficient (Wildman–Crippen LogP) is 3.69. The van der Waals surface area contributed by atoms with E-state index in [0.29, 0.717) is 0 Å². The lowest BCUT2D eigenvalue weighted by molar-refractivity contribution is -0.148. The molecule has 0 radical (unpaired) electrons. The van der Waals surface area contributed by atoms with Crippen molar-refractivity contribution in [2.75, 3.05) is 0 Å². The largest absolute Gasteiger partial charge is 0.463 e. The Morgan fingerprint density at radius 1 is 1.33 bits per heavy atom. The second-order valence-electron chi connectivity index (χ2n) is 4.76. The second kappa shape index (κ2) is 6.86. The molecule has 2 unspecified atom stereocenters. The molecular formula is C13H24O2. The van der Waals surface area contributed by atoms with E-state index in [-0.39, 0.29) is 12.1 Å². The molecule has 2 nitrogen and oxygen atoms in total. The standard InChI is InChI=1S/C13H24O2/c1-3-4-5-7-12-8-6-9-13(10-12)15-11(2)14/h12-13H,3-10H2,1-2H3. The topological polar surface area (TPSA) is 26.3 Å². The summed E-state index contributed by atoms with van der Waals surface area (Å²) in [6.07, 6.45) is 10.3. The smallest absolute Gasteiger partial charge is 0.302 e. The van der Waals surface area contributed by atoms with Crippen LogP contribution in [0.25, 0.3) is 0 Å². The fourth-order valence-electron chi connectivity index (χ4n) is 2.53. The van der Waals surface area contributed by atoms with Crippen LogP contribution in [0.5, 0.6) is 0 Å². The Bertz CT molecular complexity index is 189. The lowest BCUT2D eigenvalue weighted by atomic mass is 9.84. The number of hydrogen-bond acceptors (Lipinski definition) is 2. The highest BCUT2D eigenvalue weighted by atomic mass is 16.5. The van der Waals surface area contributed by atoms with Crippen molar-refractivity contribution in [3.05, 3.63) is 0 Å². The van der Waals surface area contributed by atoms with Gasteiger partial charge in [0.2, 0.25) is 0 Å². The van der Waals surface area contributed by atoms with E-state index in [1.54, 1.807) is 0 Å². The quantitative estimate of drug-likeness (QED) is 0.513. The van der Waals surface area contributed by atoms with Gasteiger partial charge in [-0.3, -0.25) is 4.79 Å². The monoisotopic (exact) mass is 212 g/mol. The summed E-state index contributed by atoms with van der Waals surface area (Å²) < 4.78 is 5.29. The van der Waals surface area contributed by atoms with Gasteiger partial charge >= 0.3 is 5.97 Å². The van der Waals surface area contributed by atoms with E-state index in [2.05, 4.69) is 6.92 Å². The van der Waals surface area contributed by atoms with E-state index >= 15 is 0 Å². The lowest BCUT2D eigenvalue weighted by Gasteiger charge is -2.28. The summed E-state index contributed by atoms with van der Waals surface area (Å²) in [4.78, 5) is 10.9. The third-order valence-corrected chi connectivity index (χ3v) is 3.28. The van der Waals surface area contributed by atoms with Crippen LogP contribution in [0.4, 0.5) is 0 Å². The summed E-state index contributed by atoms with van der Waals surface area (Å²) in [6.45, 7) is 3.75. The van der Waals surface area contributed by atoms with Crippen LogP contribution in [0.15, 0.2) is 0 Å². The molecule has 0 aromatic heterocycles. The number of ether oxygens (including phenoxy) is 1. The molecule has 88 valence electrons. The van der Waals surface area contributed by atoms with Gasteiger partial charge in [0, 0.05) is 6.92 Å². The molecule has 0 bridgehead atoms. The molecule has 0 aliphatic heterocycles. The van der Waals surface area contributed by atoms with Crippen LogP contribution in [0.2, 0.25) is 0 Å². The van der Waals surface area contributed by atoms with Crippen LogP contribution in [-0.4, -0.2) is 12.1 Å². The Kier molecular flexibility index (Phi) is 5.74. The summed E-state index contributed by atoms with van der Waals surface area (Å²) >= 11 is 0. The first kappa shape index (κ1) is 12.5. The van der Waals surface area contributed by atoms with Crippen LogP contribution < -0.4 is 0 Å². The van der Waals surface area contributed by atoms with Gasteiger partial charge in [0.25, 0.3) is 0 Å². The number of carbonyl (C=O) groups is 1. The summed E-state index contributed by atoms with van der Waals surface area (Å²) in [5, 5.41) is 0. The van der Waals surface area contributed by atoms with Crippen molar-refractivity contribution < 1.29 is 9.53 Å². The average Bonchev–Trinajstić information content (AvgIpc) is 2.18. The molecule has 1 rings (SSSR count). The zero-order chi connectivity index (χ0) is 11.1.